The van der Waals surface area contributed by atoms with Gasteiger partial charge in [0, 0.05) is 57.0 Å². The second-order valence-electron chi connectivity index (χ2n) is 6.73. The highest BCUT2D eigenvalue weighted by Crippen LogP contribution is 2.19. The van der Waals surface area contributed by atoms with Crippen LogP contribution in [0.15, 0.2) is 73.2 Å². The number of hydrogen-bond acceptors (Lipinski definition) is 5. The van der Waals surface area contributed by atoms with Gasteiger partial charge >= 0.3 is 0 Å². The molecule has 138 valence electrons. The summed E-state index contributed by atoms with van der Waals surface area (Å²) in [6, 6.07) is 18.4. The van der Waals surface area contributed by atoms with E-state index in [9.17, 15) is 0 Å². The number of piperazine rings is 1. The minimum Gasteiger partial charge on any atom is -0.487 e. The molecule has 1 saturated heterocycles. The lowest BCUT2D eigenvalue weighted by Gasteiger charge is -2.36. The number of ether oxygens (including phenoxy) is 1. The molecule has 0 atom stereocenters. The van der Waals surface area contributed by atoms with Crippen molar-refractivity contribution in [1.82, 2.24) is 14.9 Å². The molecule has 0 N–H and O–H groups in total. The van der Waals surface area contributed by atoms with Crippen LogP contribution in [0.3, 0.4) is 0 Å². The highest BCUT2D eigenvalue weighted by Gasteiger charge is 2.17. The maximum atomic E-state index is 5.90. The SMILES string of the molecule is c1ccc(COc2cccc(CN3CCN(c4ccncc4)CC3)c2)nc1. The van der Waals surface area contributed by atoms with Crippen LogP contribution >= 0.6 is 0 Å². The maximum absolute atomic E-state index is 5.90. The Morgan fingerprint density at radius 3 is 2.48 bits per heavy atom. The number of anilines is 1. The summed E-state index contributed by atoms with van der Waals surface area (Å²) in [4.78, 5) is 13.3. The first-order valence-electron chi connectivity index (χ1n) is 9.36. The fraction of sp³-hybridized carbons (Fsp3) is 0.273. The van der Waals surface area contributed by atoms with Crippen LogP contribution < -0.4 is 9.64 Å². The fourth-order valence-corrected chi connectivity index (χ4v) is 3.35. The predicted octanol–water partition coefficient (Wildman–Crippen LogP) is 3.38. The highest BCUT2D eigenvalue weighted by atomic mass is 16.5. The first kappa shape index (κ1) is 17.5. The third kappa shape index (κ3) is 4.83. The van der Waals surface area contributed by atoms with Crippen LogP contribution in [0.25, 0.3) is 0 Å². The summed E-state index contributed by atoms with van der Waals surface area (Å²) in [5, 5.41) is 0. The van der Waals surface area contributed by atoms with E-state index in [4.69, 9.17) is 4.74 Å². The van der Waals surface area contributed by atoms with Crippen molar-refractivity contribution in [3.8, 4) is 5.75 Å². The Balaban J connectivity index is 1.30. The molecule has 0 aliphatic carbocycles. The van der Waals surface area contributed by atoms with E-state index in [2.05, 4.69) is 50.1 Å². The van der Waals surface area contributed by atoms with Crippen molar-refractivity contribution >= 4 is 5.69 Å². The Labute approximate surface area is 160 Å². The Morgan fingerprint density at radius 2 is 1.70 bits per heavy atom. The average Bonchev–Trinajstić information content (AvgIpc) is 2.75. The number of benzene rings is 1. The summed E-state index contributed by atoms with van der Waals surface area (Å²) in [5.74, 6) is 0.897. The van der Waals surface area contributed by atoms with Gasteiger partial charge in [-0.2, -0.15) is 0 Å². The average molecular weight is 360 g/mol. The first-order chi connectivity index (χ1) is 13.4. The normalized spacial score (nSPS) is 14.9. The summed E-state index contributed by atoms with van der Waals surface area (Å²) >= 11 is 0. The molecule has 2 aromatic heterocycles. The van der Waals surface area contributed by atoms with Crippen LogP contribution in [0.1, 0.15) is 11.3 Å². The van der Waals surface area contributed by atoms with Crippen molar-refractivity contribution in [1.29, 1.82) is 0 Å². The molecule has 4 rings (SSSR count). The molecule has 0 unspecified atom stereocenters. The molecule has 1 aliphatic heterocycles. The van der Waals surface area contributed by atoms with Gasteiger partial charge in [0.05, 0.1) is 5.69 Å². The lowest BCUT2D eigenvalue weighted by molar-refractivity contribution is 0.249. The van der Waals surface area contributed by atoms with E-state index in [1.54, 1.807) is 6.20 Å². The Morgan fingerprint density at radius 1 is 0.852 bits per heavy atom. The van der Waals surface area contributed by atoms with Gasteiger partial charge in [-0.15, -0.1) is 0 Å². The molecule has 0 spiro atoms. The van der Waals surface area contributed by atoms with Gasteiger partial charge in [0.2, 0.25) is 0 Å². The van der Waals surface area contributed by atoms with Crippen LogP contribution in [-0.4, -0.2) is 41.0 Å². The van der Waals surface area contributed by atoms with Crippen molar-refractivity contribution in [2.45, 2.75) is 13.2 Å². The van der Waals surface area contributed by atoms with E-state index in [1.807, 2.05) is 36.7 Å². The summed E-state index contributed by atoms with van der Waals surface area (Å²) < 4.78 is 5.90. The van der Waals surface area contributed by atoms with Crippen LogP contribution in [0, 0.1) is 0 Å². The van der Waals surface area contributed by atoms with Crippen LogP contribution in [0.5, 0.6) is 5.75 Å². The van der Waals surface area contributed by atoms with Gasteiger partial charge in [0.15, 0.2) is 0 Å². The third-order valence-electron chi connectivity index (χ3n) is 4.82. The number of hydrogen-bond donors (Lipinski definition) is 0. The number of nitrogens with zero attached hydrogens (tertiary/aromatic N) is 4. The zero-order chi connectivity index (χ0) is 18.3. The fourth-order valence-electron chi connectivity index (χ4n) is 3.35. The molecule has 1 fully saturated rings. The standard InChI is InChI=1S/C22H24N4O/c1-2-9-24-20(5-1)18-27-22-6-3-4-19(16-22)17-25-12-14-26(15-13-25)21-7-10-23-11-8-21/h1-11,16H,12-15,17-18H2. The minimum absolute atomic E-state index is 0.495. The maximum Gasteiger partial charge on any atom is 0.130 e. The molecule has 0 saturated carbocycles. The number of pyridine rings is 2. The number of aromatic nitrogens is 2. The van der Waals surface area contributed by atoms with Crippen molar-refractivity contribution < 1.29 is 4.74 Å². The molecule has 0 amide bonds. The molecular formula is C22H24N4O. The zero-order valence-electron chi connectivity index (χ0n) is 15.4. The monoisotopic (exact) mass is 360 g/mol. The summed E-state index contributed by atoms with van der Waals surface area (Å²) in [5.41, 5.74) is 3.48. The van der Waals surface area contributed by atoms with E-state index in [1.165, 1.54) is 11.3 Å². The molecule has 5 heteroatoms. The van der Waals surface area contributed by atoms with Crippen LogP contribution in [-0.2, 0) is 13.2 Å². The van der Waals surface area contributed by atoms with Gasteiger partial charge in [-0.3, -0.25) is 14.9 Å². The molecule has 0 bridgehead atoms. The molecule has 1 aromatic carbocycles. The quantitative estimate of drug-likeness (QED) is 0.674. The van der Waals surface area contributed by atoms with E-state index >= 15 is 0 Å². The molecule has 1 aliphatic rings. The van der Waals surface area contributed by atoms with Crippen LogP contribution in [0.4, 0.5) is 5.69 Å². The number of rotatable bonds is 6. The second kappa shape index (κ2) is 8.64. The molecule has 3 heterocycles. The molecule has 27 heavy (non-hydrogen) atoms. The van der Waals surface area contributed by atoms with Crippen molar-refractivity contribution in [2.24, 2.45) is 0 Å². The van der Waals surface area contributed by atoms with E-state index in [0.717, 1.165) is 44.2 Å². The van der Waals surface area contributed by atoms with E-state index in [-0.39, 0.29) is 0 Å². The van der Waals surface area contributed by atoms with Gasteiger partial charge in [-0.1, -0.05) is 18.2 Å². The topological polar surface area (TPSA) is 41.5 Å². The largest absolute Gasteiger partial charge is 0.487 e. The Kier molecular flexibility index (Phi) is 5.60. The van der Waals surface area contributed by atoms with Crippen LogP contribution in [0.2, 0.25) is 0 Å². The second-order valence-corrected chi connectivity index (χ2v) is 6.73. The van der Waals surface area contributed by atoms with Gasteiger partial charge in [-0.05, 0) is 42.0 Å². The van der Waals surface area contributed by atoms with Crippen molar-refractivity contribution in [2.75, 3.05) is 31.1 Å². The lowest BCUT2D eigenvalue weighted by atomic mass is 10.2. The Bertz CT molecular complexity index is 833. The smallest absolute Gasteiger partial charge is 0.130 e. The van der Waals surface area contributed by atoms with E-state index < -0.39 is 0 Å². The Hall–Kier alpha value is -2.92. The zero-order valence-corrected chi connectivity index (χ0v) is 15.4. The molecule has 3 aromatic rings. The first-order valence-corrected chi connectivity index (χ1v) is 9.36. The lowest BCUT2D eigenvalue weighted by Crippen LogP contribution is -2.45. The van der Waals surface area contributed by atoms with Gasteiger partial charge in [-0.25, -0.2) is 0 Å². The summed E-state index contributed by atoms with van der Waals surface area (Å²) in [6.45, 7) is 5.64. The summed E-state index contributed by atoms with van der Waals surface area (Å²) in [6.07, 6.45) is 5.51. The van der Waals surface area contributed by atoms with Gasteiger partial charge < -0.3 is 9.64 Å². The van der Waals surface area contributed by atoms with Gasteiger partial charge in [0.1, 0.15) is 12.4 Å². The van der Waals surface area contributed by atoms with E-state index in [0.29, 0.717) is 6.61 Å². The van der Waals surface area contributed by atoms with Crippen molar-refractivity contribution in [3.05, 3.63) is 84.4 Å². The molecule has 5 nitrogen and oxygen atoms in total. The molecular weight excluding hydrogens is 336 g/mol. The summed E-state index contributed by atoms with van der Waals surface area (Å²) in [7, 11) is 0. The molecule has 0 radical (unpaired) electrons. The van der Waals surface area contributed by atoms with Crippen molar-refractivity contribution in [3.63, 3.8) is 0 Å². The highest BCUT2D eigenvalue weighted by molar-refractivity contribution is 5.45. The third-order valence-corrected chi connectivity index (χ3v) is 4.82. The minimum atomic E-state index is 0.495. The predicted molar refractivity (Wildman–Crippen MR) is 107 cm³/mol. The van der Waals surface area contributed by atoms with Gasteiger partial charge in [0.25, 0.3) is 0 Å².